The molecule has 0 radical (unpaired) electrons. The molecular formula is C9H7F5S. The third kappa shape index (κ3) is 1.99. The number of allylic oxidation sites excluding steroid dienone is 1. The summed E-state index contributed by atoms with van der Waals surface area (Å²) in [5.74, 6) is 0. The predicted octanol–water partition coefficient (Wildman–Crippen LogP) is 4.91. The molecule has 6 heteroatoms. The van der Waals surface area contributed by atoms with Crippen LogP contribution in [0.1, 0.15) is 11.1 Å². The summed E-state index contributed by atoms with van der Waals surface area (Å²) in [6.45, 7) is 0. The lowest BCUT2D eigenvalue weighted by Crippen LogP contribution is -2.06. The summed E-state index contributed by atoms with van der Waals surface area (Å²) < 4.78 is 62.0. The van der Waals surface area contributed by atoms with Crippen LogP contribution < -0.4 is 0 Å². The zero-order valence-electron chi connectivity index (χ0n) is 7.39. The topological polar surface area (TPSA) is 0 Å². The van der Waals surface area contributed by atoms with Crippen LogP contribution >= 0.6 is 10.2 Å². The number of benzene rings is 1. The van der Waals surface area contributed by atoms with Crippen LogP contribution in [0.3, 0.4) is 0 Å². The number of rotatable bonds is 1. The van der Waals surface area contributed by atoms with Crippen molar-refractivity contribution in [2.24, 2.45) is 0 Å². The van der Waals surface area contributed by atoms with Crippen molar-refractivity contribution >= 4 is 16.3 Å². The van der Waals surface area contributed by atoms with Gasteiger partial charge in [0, 0.05) is 0 Å². The van der Waals surface area contributed by atoms with Crippen molar-refractivity contribution in [2.75, 3.05) is 0 Å². The van der Waals surface area contributed by atoms with Crippen LogP contribution in [-0.4, -0.2) is 0 Å². The molecule has 0 spiro atoms. The van der Waals surface area contributed by atoms with E-state index >= 15 is 0 Å². The highest BCUT2D eigenvalue weighted by molar-refractivity contribution is 8.45. The average molecular weight is 242 g/mol. The van der Waals surface area contributed by atoms with Crippen LogP contribution in [0.15, 0.2) is 29.2 Å². The first-order valence-corrected chi connectivity index (χ1v) is 6.05. The van der Waals surface area contributed by atoms with Crippen LogP contribution in [0.2, 0.25) is 0 Å². The molecule has 0 bridgehead atoms. The van der Waals surface area contributed by atoms with Crippen LogP contribution in [0.5, 0.6) is 0 Å². The van der Waals surface area contributed by atoms with E-state index in [-0.39, 0.29) is 6.42 Å². The van der Waals surface area contributed by atoms with Gasteiger partial charge in [0.25, 0.3) is 0 Å². The van der Waals surface area contributed by atoms with Crippen LogP contribution in [0.25, 0.3) is 6.08 Å². The van der Waals surface area contributed by atoms with E-state index in [1.807, 2.05) is 0 Å². The summed E-state index contributed by atoms with van der Waals surface area (Å²) in [7, 11) is -9.51. The van der Waals surface area contributed by atoms with Gasteiger partial charge in [0.2, 0.25) is 0 Å². The van der Waals surface area contributed by atoms with Crippen LogP contribution in [0.4, 0.5) is 19.4 Å². The molecule has 1 aromatic carbocycles. The van der Waals surface area contributed by atoms with Crippen molar-refractivity contribution in [3.63, 3.8) is 0 Å². The molecule has 1 aliphatic carbocycles. The third-order valence-corrected chi connectivity index (χ3v) is 3.34. The molecule has 84 valence electrons. The van der Waals surface area contributed by atoms with Gasteiger partial charge in [0.15, 0.2) is 0 Å². The molecule has 0 saturated carbocycles. The Bertz CT molecular complexity index is 456. The molecule has 0 unspecified atom stereocenters. The normalized spacial score (nSPS) is 19.5. The summed E-state index contributed by atoms with van der Waals surface area (Å²) in [6.07, 6.45) is 3.53. The monoisotopic (exact) mass is 242 g/mol. The largest absolute Gasteiger partial charge is 0.310 e. The van der Waals surface area contributed by atoms with E-state index in [9.17, 15) is 19.4 Å². The Labute approximate surface area is 83.1 Å². The van der Waals surface area contributed by atoms with Gasteiger partial charge in [0.05, 0.1) is 0 Å². The van der Waals surface area contributed by atoms with E-state index < -0.39 is 15.1 Å². The highest BCUT2D eigenvalue weighted by atomic mass is 32.5. The molecule has 1 aromatic rings. The van der Waals surface area contributed by atoms with Crippen molar-refractivity contribution in [3.8, 4) is 0 Å². The minimum Gasteiger partial charge on any atom is -0.0936 e. The highest BCUT2D eigenvalue weighted by Crippen LogP contribution is 3.02. The molecule has 0 aromatic heterocycles. The molecule has 2 rings (SSSR count). The first-order chi connectivity index (χ1) is 6.56. The van der Waals surface area contributed by atoms with E-state index in [4.69, 9.17) is 0 Å². The Morgan fingerprint density at radius 1 is 1.00 bits per heavy atom. The van der Waals surface area contributed by atoms with E-state index in [1.165, 1.54) is 0 Å². The Morgan fingerprint density at radius 2 is 1.67 bits per heavy atom. The molecule has 1 aliphatic rings. The lowest BCUT2D eigenvalue weighted by Gasteiger charge is -2.40. The van der Waals surface area contributed by atoms with E-state index in [0.29, 0.717) is 23.3 Å². The maximum absolute atomic E-state index is 12.4. The number of hydrogen-bond acceptors (Lipinski definition) is 0. The second kappa shape index (κ2) is 2.21. The minimum atomic E-state index is -9.51. The third-order valence-electron chi connectivity index (χ3n) is 2.20. The molecule has 15 heavy (non-hydrogen) atoms. The maximum atomic E-state index is 12.4. The fourth-order valence-electron chi connectivity index (χ4n) is 1.47. The Kier molecular flexibility index (Phi) is 1.54. The summed E-state index contributed by atoms with van der Waals surface area (Å²) in [5.41, 5.74) is 0.862. The number of halogens is 5. The summed E-state index contributed by atoms with van der Waals surface area (Å²) in [5, 5.41) is 0. The van der Waals surface area contributed by atoms with Crippen molar-refractivity contribution in [2.45, 2.75) is 11.3 Å². The predicted molar refractivity (Wildman–Crippen MR) is 50.6 cm³/mol. The summed E-state index contributed by atoms with van der Waals surface area (Å²) in [6, 6.07) is 2.05. The first-order valence-electron chi connectivity index (χ1n) is 4.10. The molecule has 0 heterocycles. The Balaban J connectivity index is 2.60. The first kappa shape index (κ1) is 10.5. The molecule has 0 N–H and O–H groups in total. The average Bonchev–Trinajstić information content (AvgIpc) is 2.45. The second-order valence-electron chi connectivity index (χ2n) is 3.44. The zero-order valence-corrected chi connectivity index (χ0v) is 8.21. The molecule has 0 atom stereocenters. The lowest BCUT2D eigenvalue weighted by molar-refractivity contribution is 0.364. The SMILES string of the molecule is FS(F)(F)(F)(F)c1ccc2c(c1)CC=C2. The van der Waals surface area contributed by atoms with Crippen molar-refractivity contribution in [1.29, 1.82) is 0 Å². The number of fused-ring (bicyclic) bond motifs is 1. The van der Waals surface area contributed by atoms with Crippen LogP contribution in [-0.2, 0) is 6.42 Å². The minimum absolute atomic E-state index is 0.275. The van der Waals surface area contributed by atoms with Gasteiger partial charge in [-0.25, -0.2) is 0 Å². The van der Waals surface area contributed by atoms with E-state index in [1.54, 1.807) is 12.2 Å². The van der Waals surface area contributed by atoms with Gasteiger partial charge < -0.3 is 0 Å². The fraction of sp³-hybridized carbons (Fsp3) is 0.111. The Hall–Kier alpha value is -1.04. The van der Waals surface area contributed by atoms with Gasteiger partial charge in [-0.1, -0.05) is 37.6 Å². The standard InChI is InChI=1S/C9H7F5S/c10-15(11,12,13,14)9-5-4-7-2-1-3-8(7)6-9/h1-2,4-6H,3H2. The second-order valence-corrected chi connectivity index (χ2v) is 5.85. The zero-order chi connectivity index (χ0) is 11.4. The van der Waals surface area contributed by atoms with Crippen molar-refractivity contribution < 1.29 is 19.4 Å². The van der Waals surface area contributed by atoms with E-state index in [0.717, 1.165) is 6.07 Å². The molecule has 0 fully saturated rings. The van der Waals surface area contributed by atoms with Crippen LogP contribution in [0, 0.1) is 0 Å². The van der Waals surface area contributed by atoms with E-state index in [2.05, 4.69) is 0 Å². The molecule has 0 nitrogen and oxygen atoms in total. The highest BCUT2D eigenvalue weighted by Gasteiger charge is 2.65. The summed E-state index contributed by atoms with van der Waals surface area (Å²) in [4.78, 5) is -1.81. The van der Waals surface area contributed by atoms with Gasteiger partial charge >= 0.3 is 10.2 Å². The molecule has 0 amide bonds. The molecule has 0 saturated heterocycles. The lowest BCUT2D eigenvalue weighted by atomic mass is 10.1. The van der Waals surface area contributed by atoms with Gasteiger partial charge in [0.1, 0.15) is 4.90 Å². The summed E-state index contributed by atoms with van der Waals surface area (Å²) >= 11 is 0. The van der Waals surface area contributed by atoms with Crippen molar-refractivity contribution in [1.82, 2.24) is 0 Å². The molecule has 0 aliphatic heterocycles. The van der Waals surface area contributed by atoms with Crippen molar-refractivity contribution in [3.05, 3.63) is 35.4 Å². The Morgan fingerprint density at radius 3 is 2.27 bits per heavy atom. The number of hydrogen-bond donors (Lipinski definition) is 0. The fourth-order valence-corrected chi connectivity index (χ4v) is 2.16. The van der Waals surface area contributed by atoms with Gasteiger partial charge in [-0.05, 0) is 29.7 Å². The quantitative estimate of drug-likeness (QED) is 0.613. The smallest absolute Gasteiger partial charge is 0.0936 e. The van der Waals surface area contributed by atoms with Gasteiger partial charge in [-0.3, -0.25) is 0 Å². The maximum Gasteiger partial charge on any atom is 0.310 e. The van der Waals surface area contributed by atoms with Gasteiger partial charge in [-0.15, -0.1) is 0 Å². The molecular weight excluding hydrogens is 235 g/mol. The van der Waals surface area contributed by atoms with Gasteiger partial charge in [-0.2, -0.15) is 0 Å².